The van der Waals surface area contributed by atoms with Crippen molar-refractivity contribution in [2.24, 2.45) is 0 Å². The first-order valence-electron chi connectivity index (χ1n) is 8.62. The molecule has 0 radical (unpaired) electrons. The number of methoxy groups -OCH3 is 1. The molecule has 144 valence electrons. The largest absolute Gasteiger partial charge is 0.495 e. The number of nitrogens with zero attached hydrogens (tertiary/aromatic N) is 1. The Morgan fingerprint density at radius 1 is 0.929 bits per heavy atom. The Morgan fingerprint density at radius 2 is 1.54 bits per heavy atom. The minimum atomic E-state index is -0.392. The van der Waals surface area contributed by atoms with Crippen molar-refractivity contribution in [3.63, 3.8) is 0 Å². The number of anilines is 2. The van der Waals surface area contributed by atoms with Crippen molar-refractivity contribution in [2.75, 3.05) is 24.4 Å². The normalized spacial score (nSPS) is 13.4. The van der Waals surface area contributed by atoms with Crippen LogP contribution in [0.3, 0.4) is 0 Å². The predicted molar refractivity (Wildman–Crippen MR) is 103 cm³/mol. The Kier molecular flexibility index (Phi) is 5.39. The monoisotopic (exact) mass is 381 g/mol. The topological polar surface area (TPSA) is 105 Å². The molecule has 0 saturated carbocycles. The van der Waals surface area contributed by atoms with E-state index in [9.17, 15) is 19.2 Å². The fourth-order valence-electron chi connectivity index (χ4n) is 2.90. The maximum Gasteiger partial charge on any atom is 0.255 e. The van der Waals surface area contributed by atoms with Crippen LogP contribution in [0.2, 0.25) is 0 Å². The summed E-state index contributed by atoms with van der Waals surface area (Å²) < 4.78 is 5.25. The summed E-state index contributed by atoms with van der Waals surface area (Å²) >= 11 is 0. The van der Waals surface area contributed by atoms with Crippen LogP contribution >= 0.6 is 0 Å². The van der Waals surface area contributed by atoms with Gasteiger partial charge in [0, 0.05) is 31.0 Å². The molecule has 2 aromatic rings. The molecule has 28 heavy (non-hydrogen) atoms. The lowest BCUT2D eigenvalue weighted by molar-refractivity contribution is -0.121. The summed E-state index contributed by atoms with van der Waals surface area (Å²) in [6.45, 7) is 0. The summed E-state index contributed by atoms with van der Waals surface area (Å²) in [5.74, 6) is -0.806. The molecule has 8 nitrogen and oxygen atoms in total. The molecule has 1 saturated heterocycles. The minimum absolute atomic E-state index is 0.201. The molecule has 2 N–H and O–H groups in total. The Hall–Kier alpha value is -3.68. The van der Waals surface area contributed by atoms with Crippen molar-refractivity contribution in [1.29, 1.82) is 0 Å². The van der Waals surface area contributed by atoms with Crippen molar-refractivity contribution in [3.05, 3.63) is 53.6 Å². The van der Waals surface area contributed by atoms with Gasteiger partial charge in [-0.1, -0.05) is 0 Å². The van der Waals surface area contributed by atoms with Crippen LogP contribution in [0, 0.1) is 0 Å². The van der Waals surface area contributed by atoms with E-state index in [1.165, 1.54) is 32.4 Å². The Bertz CT molecular complexity index is 937. The van der Waals surface area contributed by atoms with E-state index in [2.05, 4.69) is 10.6 Å². The molecule has 1 fully saturated rings. The Balaban J connectivity index is 1.77. The van der Waals surface area contributed by atoms with Gasteiger partial charge in [0.2, 0.25) is 11.8 Å². The number of hydrogen-bond acceptors (Lipinski definition) is 5. The van der Waals surface area contributed by atoms with Crippen LogP contribution in [-0.4, -0.2) is 37.8 Å². The van der Waals surface area contributed by atoms with Gasteiger partial charge in [-0.05, 0) is 42.5 Å². The molecule has 0 atom stereocenters. The van der Waals surface area contributed by atoms with Gasteiger partial charge < -0.3 is 15.4 Å². The molecule has 1 aliphatic heterocycles. The highest BCUT2D eigenvalue weighted by molar-refractivity contribution is 6.20. The van der Waals surface area contributed by atoms with Gasteiger partial charge >= 0.3 is 0 Å². The number of benzene rings is 2. The van der Waals surface area contributed by atoms with Crippen molar-refractivity contribution >= 4 is 35.0 Å². The van der Waals surface area contributed by atoms with Crippen molar-refractivity contribution in [1.82, 2.24) is 5.32 Å². The molecule has 4 amide bonds. The van der Waals surface area contributed by atoms with Crippen molar-refractivity contribution < 1.29 is 23.9 Å². The minimum Gasteiger partial charge on any atom is -0.495 e. The number of carbonyl (C=O) groups is 4. The predicted octanol–water partition coefficient (Wildman–Crippen LogP) is 1.96. The summed E-state index contributed by atoms with van der Waals surface area (Å²) in [5.41, 5.74) is 1.60. The lowest BCUT2D eigenvalue weighted by atomic mass is 10.1. The van der Waals surface area contributed by atoms with E-state index in [0.29, 0.717) is 28.3 Å². The zero-order valence-corrected chi connectivity index (χ0v) is 15.4. The SMILES string of the molecule is CNC(=O)c1ccc(NC(=O)c2ccc(N3C(=O)CCC3=O)cc2)c(OC)c1. The van der Waals surface area contributed by atoms with Crippen LogP contribution < -0.4 is 20.3 Å². The number of amides is 4. The number of carbonyl (C=O) groups excluding carboxylic acids is 4. The average molecular weight is 381 g/mol. The van der Waals surface area contributed by atoms with Gasteiger partial charge in [-0.25, -0.2) is 0 Å². The van der Waals surface area contributed by atoms with Crippen LogP contribution in [0.4, 0.5) is 11.4 Å². The zero-order valence-electron chi connectivity index (χ0n) is 15.4. The van der Waals surface area contributed by atoms with Crippen LogP contribution in [0.1, 0.15) is 33.6 Å². The molecule has 0 spiro atoms. The lowest BCUT2D eigenvalue weighted by Crippen LogP contribution is -2.28. The zero-order chi connectivity index (χ0) is 20.3. The third-order valence-electron chi connectivity index (χ3n) is 4.38. The lowest BCUT2D eigenvalue weighted by Gasteiger charge is -2.15. The number of ether oxygens (including phenoxy) is 1. The number of nitrogens with one attached hydrogen (secondary N) is 2. The number of rotatable bonds is 5. The fraction of sp³-hybridized carbons (Fsp3) is 0.200. The average Bonchev–Trinajstić information content (AvgIpc) is 3.05. The molecule has 2 aromatic carbocycles. The van der Waals surface area contributed by atoms with Gasteiger partial charge in [0.1, 0.15) is 5.75 Å². The van der Waals surface area contributed by atoms with Crippen LogP contribution in [0.15, 0.2) is 42.5 Å². The van der Waals surface area contributed by atoms with E-state index >= 15 is 0 Å². The third kappa shape index (κ3) is 3.71. The van der Waals surface area contributed by atoms with Gasteiger partial charge in [0.15, 0.2) is 0 Å². The highest BCUT2D eigenvalue weighted by Crippen LogP contribution is 2.27. The van der Waals surface area contributed by atoms with Gasteiger partial charge in [0.25, 0.3) is 11.8 Å². The van der Waals surface area contributed by atoms with Crippen LogP contribution in [0.5, 0.6) is 5.75 Å². The highest BCUT2D eigenvalue weighted by atomic mass is 16.5. The van der Waals surface area contributed by atoms with Gasteiger partial charge in [-0.15, -0.1) is 0 Å². The van der Waals surface area contributed by atoms with Gasteiger partial charge in [-0.2, -0.15) is 0 Å². The second kappa shape index (κ2) is 7.91. The molecular weight excluding hydrogens is 362 g/mol. The number of imide groups is 1. The fourth-order valence-corrected chi connectivity index (χ4v) is 2.90. The van der Waals surface area contributed by atoms with Crippen LogP contribution in [-0.2, 0) is 9.59 Å². The van der Waals surface area contributed by atoms with E-state index < -0.39 is 5.91 Å². The van der Waals surface area contributed by atoms with Crippen molar-refractivity contribution in [3.8, 4) is 5.75 Å². The molecule has 8 heteroatoms. The molecule has 3 rings (SSSR count). The van der Waals surface area contributed by atoms with E-state index in [0.717, 1.165) is 4.90 Å². The summed E-state index contributed by atoms with van der Waals surface area (Å²) in [7, 11) is 2.97. The molecule has 0 aromatic heterocycles. The summed E-state index contributed by atoms with van der Waals surface area (Å²) in [6, 6.07) is 10.9. The van der Waals surface area contributed by atoms with E-state index in [-0.39, 0.29) is 30.6 Å². The smallest absolute Gasteiger partial charge is 0.255 e. The quantitative estimate of drug-likeness (QED) is 0.771. The summed E-state index contributed by atoms with van der Waals surface area (Å²) in [5, 5.41) is 5.24. The van der Waals surface area contributed by atoms with Gasteiger partial charge in [-0.3, -0.25) is 24.1 Å². The van der Waals surface area contributed by atoms with Crippen LogP contribution in [0.25, 0.3) is 0 Å². The van der Waals surface area contributed by atoms with Crippen molar-refractivity contribution in [2.45, 2.75) is 12.8 Å². The highest BCUT2D eigenvalue weighted by Gasteiger charge is 2.30. The molecular formula is C20H19N3O5. The second-order valence-electron chi connectivity index (χ2n) is 6.12. The molecule has 0 unspecified atom stereocenters. The summed E-state index contributed by atoms with van der Waals surface area (Å²) in [6.07, 6.45) is 0.403. The molecule has 1 aliphatic rings. The first-order chi connectivity index (χ1) is 13.4. The first-order valence-corrected chi connectivity index (χ1v) is 8.62. The maximum absolute atomic E-state index is 12.5. The van der Waals surface area contributed by atoms with E-state index in [1.54, 1.807) is 24.3 Å². The number of hydrogen-bond donors (Lipinski definition) is 2. The maximum atomic E-state index is 12.5. The third-order valence-corrected chi connectivity index (χ3v) is 4.38. The van der Waals surface area contributed by atoms with E-state index in [4.69, 9.17) is 4.74 Å². The van der Waals surface area contributed by atoms with Gasteiger partial charge in [0.05, 0.1) is 18.5 Å². The van der Waals surface area contributed by atoms with E-state index in [1.807, 2.05) is 0 Å². The summed E-state index contributed by atoms with van der Waals surface area (Å²) in [4.78, 5) is 49.0. The molecule has 0 aliphatic carbocycles. The standard InChI is InChI=1S/C20H19N3O5/c1-21-19(26)13-5-8-15(16(11-13)28-2)22-20(27)12-3-6-14(7-4-12)23-17(24)9-10-18(23)25/h3-8,11H,9-10H2,1-2H3,(H,21,26)(H,22,27). The molecule has 0 bridgehead atoms. The Morgan fingerprint density at radius 3 is 2.11 bits per heavy atom. The molecule has 1 heterocycles. The first kappa shape index (κ1) is 19.1. The second-order valence-corrected chi connectivity index (χ2v) is 6.12. The Labute approximate surface area is 161 Å².